The number of hydrogen-bond donors (Lipinski definition) is 2. The monoisotopic (exact) mass is 772 g/mol. The van der Waals surface area contributed by atoms with Gasteiger partial charge in [0.2, 0.25) is 0 Å². The van der Waals surface area contributed by atoms with Crippen LogP contribution in [0.1, 0.15) is 134 Å². The molecule has 0 radical (unpaired) electrons. The van der Waals surface area contributed by atoms with E-state index in [0.717, 1.165) is 62.9 Å². The molecule has 5 aliphatic rings. The highest BCUT2D eigenvalue weighted by Crippen LogP contribution is 2.75. The number of carboxylic acid groups (broad SMARTS) is 1. The van der Waals surface area contributed by atoms with Gasteiger partial charge in [-0.1, -0.05) is 87.8 Å². The highest BCUT2D eigenvalue weighted by Gasteiger charge is 2.72. The number of hydrogen-bond acceptors (Lipinski definition) is 7. The summed E-state index contributed by atoms with van der Waals surface area (Å²) >= 11 is 0. The molecule has 12 atom stereocenters. The smallest absolute Gasteiger partial charge is 0.307 e. The number of nitrogens with zero attached hydrogens (tertiary/aromatic N) is 4. The van der Waals surface area contributed by atoms with Crippen molar-refractivity contribution in [1.82, 2.24) is 25.1 Å². The first-order valence-electron chi connectivity index (χ1n) is 21.9. The predicted octanol–water partition coefficient (Wildman–Crippen LogP) is 9.66. The standard InChI is InChI=1S/C47H73N5O4/c1-13-22-50-46(12,41(5,6)7)27-56-38-35(52-39(49-29-51-52)32-17-23-48-24-18-32)25-47-28-55-26-43(38,9)36(47)15-14-33-34(47)16-19-45(11)37(40(53)54)42(8,31(4)30(2)3)20-21-44(33,45)10/h16-18,23-24,29-31,33,35-38,50H,13-15,19-22,25-28H2,1-12H3,(H,53,54)/t31-,33+,35-,36+,37-,38+,42-,43-,44-,45+,46+,47+/m1/s1. The van der Waals surface area contributed by atoms with E-state index >= 15 is 0 Å². The molecular formula is C47H73N5O4. The van der Waals surface area contributed by atoms with Crippen LogP contribution in [-0.2, 0) is 14.3 Å². The van der Waals surface area contributed by atoms with Crippen LogP contribution in [0.2, 0.25) is 0 Å². The summed E-state index contributed by atoms with van der Waals surface area (Å²) in [6.07, 6.45) is 14.5. The molecule has 0 spiro atoms. The number of allylic oxidation sites excluding steroid dienone is 1. The first kappa shape index (κ1) is 41.5. The number of aliphatic carboxylic acids is 1. The molecule has 310 valence electrons. The summed E-state index contributed by atoms with van der Waals surface area (Å²) in [6.45, 7) is 30.7. The van der Waals surface area contributed by atoms with Crippen LogP contribution in [-0.4, -0.2) is 68.8 Å². The second-order valence-corrected chi connectivity index (χ2v) is 21.6. The number of pyridine rings is 1. The van der Waals surface area contributed by atoms with Gasteiger partial charge in [-0.25, -0.2) is 9.67 Å². The van der Waals surface area contributed by atoms with Gasteiger partial charge in [0.15, 0.2) is 5.82 Å². The van der Waals surface area contributed by atoms with Crippen LogP contribution < -0.4 is 5.32 Å². The lowest BCUT2D eigenvalue weighted by Crippen LogP contribution is -2.69. The summed E-state index contributed by atoms with van der Waals surface area (Å²) in [6, 6.07) is 3.96. The van der Waals surface area contributed by atoms with Crippen molar-refractivity contribution in [3.05, 3.63) is 42.5 Å². The van der Waals surface area contributed by atoms with Crippen molar-refractivity contribution in [1.29, 1.82) is 0 Å². The Morgan fingerprint density at radius 2 is 1.77 bits per heavy atom. The summed E-state index contributed by atoms with van der Waals surface area (Å²) in [7, 11) is 0. The molecule has 1 aliphatic heterocycles. The van der Waals surface area contributed by atoms with Crippen LogP contribution >= 0.6 is 0 Å². The lowest BCUT2D eigenvalue weighted by atomic mass is 9.34. The quantitative estimate of drug-likeness (QED) is 0.217. The normalized spacial score (nSPS) is 39.8. The third kappa shape index (κ3) is 6.00. The summed E-state index contributed by atoms with van der Waals surface area (Å²) in [5, 5.41) is 20.1. The molecule has 9 nitrogen and oxygen atoms in total. The minimum atomic E-state index is -0.617. The molecule has 9 heteroatoms. The van der Waals surface area contributed by atoms with Gasteiger partial charge in [0.1, 0.15) is 6.33 Å². The number of ether oxygens (including phenoxy) is 2. The molecule has 2 bridgehead atoms. The van der Waals surface area contributed by atoms with E-state index in [0.29, 0.717) is 43.5 Å². The van der Waals surface area contributed by atoms with Gasteiger partial charge in [0.05, 0.1) is 37.9 Å². The van der Waals surface area contributed by atoms with E-state index in [1.807, 2.05) is 24.5 Å². The summed E-state index contributed by atoms with van der Waals surface area (Å²) < 4.78 is 16.5. The largest absolute Gasteiger partial charge is 0.481 e. The number of carbonyl (C=O) groups is 1. The van der Waals surface area contributed by atoms with Crippen LogP contribution in [0.5, 0.6) is 0 Å². The fourth-order valence-electron chi connectivity index (χ4n) is 13.5. The van der Waals surface area contributed by atoms with Crippen molar-refractivity contribution >= 4 is 5.97 Å². The van der Waals surface area contributed by atoms with E-state index in [9.17, 15) is 9.90 Å². The molecule has 4 fully saturated rings. The Kier molecular flexibility index (Phi) is 10.6. The topological polar surface area (TPSA) is 111 Å². The summed E-state index contributed by atoms with van der Waals surface area (Å²) in [4.78, 5) is 22.8. The van der Waals surface area contributed by atoms with Gasteiger partial charge >= 0.3 is 5.97 Å². The van der Waals surface area contributed by atoms with E-state index in [4.69, 9.17) is 19.6 Å². The maximum atomic E-state index is 13.6. The molecule has 3 saturated carbocycles. The van der Waals surface area contributed by atoms with Crippen molar-refractivity contribution in [3.8, 4) is 11.4 Å². The van der Waals surface area contributed by atoms with Gasteiger partial charge in [0, 0.05) is 34.3 Å². The van der Waals surface area contributed by atoms with Gasteiger partial charge in [-0.05, 0) is 116 Å². The molecule has 1 saturated heterocycles. The average molecular weight is 772 g/mol. The number of rotatable bonds is 11. The fourth-order valence-corrected chi connectivity index (χ4v) is 13.5. The van der Waals surface area contributed by atoms with E-state index in [1.54, 1.807) is 6.33 Å². The van der Waals surface area contributed by atoms with Crippen molar-refractivity contribution in [2.75, 3.05) is 26.4 Å². The molecule has 0 unspecified atom stereocenters. The molecule has 4 aliphatic carbocycles. The summed E-state index contributed by atoms with van der Waals surface area (Å²) in [5.41, 5.74) is 0.931. The van der Waals surface area contributed by atoms with E-state index < -0.39 is 11.9 Å². The Bertz CT molecular complexity index is 1790. The molecule has 0 aromatic carbocycles. The minimum Gasteiger partial charge on any atom is -0.481 e. The van der Waals surface area contributed by atoms with Crippen LogP contribution in [0, 0.1) is 62.1 Å². The molecule has 0 amide bonds. The van der Waals surface area contributed by atoms with Crippen LogP contribution in [0.4, 0.5) is 0 Å². The predicted molar refractivity (Wildman–Crippen MR) is 222 cm³/mol. The van der Waals surface area contributed by atoms with Crippen molar-refractivity contribution in [3.63, 3.8) is 0 Å². The SMILES string of the molecule is CCCN[C@@](C)(CO[C@H]1[C@H](n2ncnc2-c2ccncc2)C[C@@]23COC[C@]1(C)[C@@H]2CC[C@H]1C3=CC[C@@]2(C)[C@H](C(=O)O)[C@@](C)([C@H](C)C(C)C)CC[C@]12C)C(C)(C)C. The third-order valence-corrected chi connectivity index (χ3v) is 17.9. The number of aromatic nitrogens is 4. The second-order valence-electron chi connectivity index (χ2n) is 21.6. The van der Waals surface area contributed by atoms with Crippen molar-refractivity contribution in [2.45, 2.75) is 146 Å². The first-order chi connectivity index (χ1) is 26.2. The molecule has 2 aromatic rings. The zero-order valence-corrected chi connectivity index (χ0v) is 36.7. The Labute approximate surface area is 337 Å². The number of nitrogens with one attached hydrogen (secondary N) is 1. The minimum absolute atomic E-state index is 0.0422. The van der Waals surface area contributed by atoms with Crippen molar-refractivity contribution in [2.24, 2.45) is 62.1 Å². The molecule has 7 rings (SSSR count). The fraction of sp³-hybridized carbons (Fsp3) is 0.787. The zero-order valence-electron chi connectivity index (χ0n) is 36.7. The molecule has 2 aromatic heterocycles. The maximum absolute atomic E-state index is 13.6. The Hall–Kier alpha value is -2.62. The van der Waals surface area contributed by atoms with E-state index in [-0.39, 0.29) is 50.2 Å². The first-order valence-corrected chi connectivity index (χ1v) is 21.9. The molecule has 2 N–H and O–H groups in total. The highest BCUT2D eigenvalue weighted by atomic mass is 16.5. The van der Waals surface area contributed by atoms with Gasteiger partial charge in [-0.2, -0.15) is 5.10 Å². The Balaban J connectivity index is 1.35. The lowest BCUT2D eigenvalue weighted by molar-refractivity contribution is -0.254. The van der Waals surface area contributed by atoms with Crippen LogP contribution in [0.25, 0.3) is 11.4 Å². The maximum Gasteiger partial charge on any atom is 0.307 e. The van der Waals surface area contributed by atoms with Crippen LogP contribution in [0.15, 0.2) is 42.5 Å². The lowest BCUT2D eigenvalue weighted by Gasteiger charge is -2.71. The Morgan fingerprint density at radius 3 is 2.41 bits per heavy atom. The number of carboxylic acids is 1. The van der Waals surface area contributed by atoms with E-state index in [2.05, 4.69) is 104 Å². The second kappa shape index (κ2) is 14.3. The third-order valence-electron chi connectivity index (χ3n) is 17.9. The van der Waals surface area contributed by atoms with Crippen LogP contribution in [0.3, 0.4) is 0 Å². The molecule has 56 heavy (non-hydrogen) atoms. The van der Waals surface area contributed by atoms with E-state index in [1.165, 1.54) is 5.57 Å². The van der Waals surface area contributed by atoms with Crippen molar-refractivity contribution < 1.29 is 19.4 Å². The Morgan fingerprint density at radius 1 is 1.05 bits per heavy atom. The molecular weight excluding hydrogens is 699 g/mol. The van der Waals surface area contributed by atoms with Gasteiger partial charge in [-0.15, -0.1) is 0 Å². The molecule has 3 heterocycles. The number of fused-ring (bicyclic) bond motifs is 3. The van der Waals surface area contributed by atoms with Gasteiger partial charge in [-0.3, -0.25) is 9.78 Å². The average Bonchev–Trinajstić information content (AvgIpc) is 3.63. The summed E-state index contributed by atoms with van der Waals surface area (Å²) in [5.74, 6) is 1.19. The zero-order chi connectivity index (χ0) is 40.7. The van der Waals surface area contributed by atoms with Gasteiger partial charge in [0.25, 0.3) is 0 Å². The van der Waals surface area contributed by atoms with Gasteiger partial charge < -0.3 is 19.9 Å². The highest BCUT2D eigenvalue weighted by molar-refractivity contribution is 5.73.